The molecule has 0 aliphatic carbocycles. The van der Waals surface area contributed by atoms with E-state index in [1.807, 2.05) is 6.07 Å². The SMILES string of the molecule is CC1(C)Oc2ccc(C#N)cc2[C@@H](N=C(NC#N)Nc2ccc([N+](=O)[O-])cc2)[C@@H]1O. The van der Waals surface area contributed by atoms with Gasteiger partial charge >= 0.3 is 0 Å². The van der Waals surface area contributed by atoms with E-state index < -0.39 is 22.7 Å². The Morgan fingerprint density at radius 1 is 1.27 bits per heavy atom. The second-order valence-corrected chi connectivity index (χ2v) is 7.10. The molecule has 0 aromatic heterocycles. The molecule has 3 rings (SSSR count). The summed E-state index contributed by atoms with van der Waals surface area (Å²) in [5.41, 5.74) is 0.285. The van der Waals surface area contributed by atoms with E-state index in [1.165, 1.54) is 24.3 Å². The van der Waals surface area contributed by atoms with Crippen molar-refractivity contribution in [3.63, 3.8) is 0 Å². The van der Waals surface area contributed by atoms with Crippen molar-refractivity contribution in [1.29, 1.82) is 10.5 Å². The van der Waals surface area contributed by atoms with Crippen molar-refractivity contribution in [3.05, 3.63) is 63.7 Å². The van der Waals surface area contributed by atoms with Gasteiger partial charge in [-0.3, -0.25) is 15.4 Å². The zero-order valence-electron chi connectivity index (χ0n) is 16.2. The number of aliphatic imine (C=N–C) groups is 1. The molecule has 1 heterocycles. The summed E-state index contributed by atoms with van der Waals surface area (Å²) in [5.74, 6) is 0.506. The molecule has 0 bridgehead atoms. The number of aliphatic hydroxyl groups excluding tert-OH is 1. The molecule has 0 saturated heterocycles. The van der Waals surface area contributed by atoms with Crippen LogP contribution in [0.2, 0.25) is 0 Å². The molecule has 1 aliphatic heterocycles. The van der Waals surface area contributed by atoms with E-state index in [0.717, 1.165) is 0 Å². The van der Waals surface area contributed by atoms with Gasteiger partial charge in [-0.25, -0.2) is 4.99 Å². The zero-order chi connectivity index (χ0) is 21.9. The van der Waals surface area contributed by atoms with E-state index in [9.17, 15) is 20.5 Å². The van der Waals surface area contributed by atoms with E-state index >= 15 is 0 Å². The summed E-state index contributed by atoms with van der Waals surface area (Å²) in [6, 6.07) is 11.6. The smallest absolute Gasteiger partial charge is 0.269 e. The second-order valence-electron chi connectivity index (χ2n) is 7.10. The van der Waals surface area contributed by atoms with Gasteiger partial charge in [0.25, 0.3) is 5.69 Å². The number of hydrogen-bond acceptors (Lipinski definition) is 7. The molecular weight excluding hydrogens is 388 g/mol. The van der Waals surface area contributed by atoms with Crippen molar-refractivity contribution in [1.82, 2.24) is 5.32 Å². The molecule has 152 valence electrons. The first kappa shape index (κ1) is 20.6. The van der Waals surface area contributed by atoms with Crippen molar-refractivity contribution in [2.75, 3.05) is 5.32 Å². The molecule has 10 heteroatoms. The lowest BCUT2D eigenvalue weighted by atomic mass is 9.86. The van der Waals surface area contributed by atoms with E-state index in [1.54, 1.807) is 38.2 Å². The minimum absolute atomic E-state index is 0.0291. The van der Waals surface area contributed by atoms with Gasteiger partial charge in [0.1, 0.15) is 23.5 Å². The predicted molar refractivity (Wildman–Crippen MR) is 108 cm³/mol. The molecule has 1 aliphatic rings. The van der Waals surface area contributed by atoms with Gasteiger partial charge in [-0.15, -0.1) is 0 Å². The highest BCUT2D eigenvalue weighted by atomic mass is 16.6. The summed E-state index contributed by atoms with van der Waals surface area (Å²) in [5, 5.41) is 45.3. The van der Waals surface area contributed by atoms with Crippen LogP contribution < -0.4 is 15.4 Å². The van der Waals surface area contributed by atoms with Crippen LogP contribution in [0.3, 0.4) is 0 Å². The van der Waals surface area contributed by atoms with E-state index in [-0.39, 0.29) is 11.6 Å². The Hall–Kier alpha value is -4.15. The fourth-order valence-corrected chi connectivity index (χ4v) is 3.07. The highest BCUT2D eigenvalue weighted by molar-refractivity contribution is 5.94. The minimum atomic E-state index is -1.08. The van der Waals surface area contributed by atoms with Crippen LogP contribution in [0, 0.1) is 32.9 Å². The van der Waals surface area contributed by atoms with Gasteiger partial charge in [0, 0.05) is 23.4 Å². The topological polar surface area (TPSA) is 157 Å². The maximum absolute atomic E-state index is 10.9. The van der Waals surface area contributed by atoms with Gasteiger partial charge in [-0.05, 0) is 44.2 Å². The number of nitro groups is 1. The Kier molecular flexibility index (Phi) is 5.54. The third-order valence-corrected chi connectivity index (χ3v) is 4.63. The lowest BCUT2D eigenvalue weighted by Crippen LogP contribution is -2.49. The summed E-state index contributed by atoms with van der Waals surface area (Å²) >= 11 is 0. The maximum Gasteiger partial charge on any atom is 0.269 e. The molecular formula is C20H18N6O4. The first-order valence-electron chi connectivity index (χ1n) is 8.90. The molecule has 0 unspecified atom stereocenters. The molecule has 2 aromatic rings. The van der Waals surface area contributed by atoms with E-state index in [0.29, 0.717) is 22.6 Å². The quantitative estimate of drug-likeness (QED) is 0.175. The molecule has 0 spiro atoms. The zero-order valence-corrected chi connectivity index (χ0v) is 16.2. The Labute approximate surface area is 172 Å². The number of nitriles is 2. The summed E-state index contributed by atoms with van der Waals surface area (Å²) in [6.07, 6.45) is 0.697. The largest absolute Gasteiger partial charge is 0.485 e. The van der Waals surface area contributed by atoms with Crippen LogP contribution in [0.4, 0.5) is 11.4 Å². The molecule has 2 atom stereocenters. The van der Waals surface area contributed by atoms with Crippen LogP contribution in [0.5, 0.6) is 5.75 Å². The van der Waals surface area contributed by atoms with Crippen LogP contribution in [-0.4, -0.2) is 27.7 Å². The monoisotopic (exact) mass is 406 g/mol. The third-order valence-electron chi connectivity index (χ3n) is 4.63. The third kappa shape index (κ3) is 4.14. The van der Waals surface area contributed by atoms with Crippen molar-refractivity contribution < 1.29 is 14.8 Å². The molecule has 0 radical (unpaired) electrons. The maximum atomic E-state index is 10.9. The van der Waals surface area contributed by atoms with Crippen molar-refractivity contribution >= 4 is 17.3 Å². The highest BCUT2D eigenvalue weighted by Crippen LogP contribution is 2.42. The van der Waals surface area contributed by atoms with Gasteiger partial charge in [-0.2, -0.15) is 10.5 Å². The number of benzene rings is 2. The van der Waals surface area contributed by atoms with Gasteiger partial charge < -0.3 is 15.2 Å². The Morgan fingerprint density at radius 2 is 1.97 bits per heavy atom. The van der Waals surface area contributed by atoms with Crippen molar-refractivity contribution in [3.8, 4) is 18.0 Å². The molecule has 0 saturated carbocycles. The fourth-order valence-electron chi connectivity index (χ4n) is 3.07. The number of non-ortho nitro benzene ring substituents is 1. The van der Waals surface area contributed by atoms with Gasteiger partial charge in [0.15, 0.2) is 6.19 Å². The van der Waals surface area contributed by atoms with Crippen molar-refractivity contribution in [2.45, 2.75) is 31.6 Å². The molecule has 0 amide bonds. The van der Waals surface area contributed by atoms with Gasteiger partial charge in [0.05, 0.1) is 16.6 Å². The number of nitrogens with one attached hydrogen (secondary N) is 2. The Bertz CT molecular complexity index is 1080. The van der Waals surface area contributed by atoms with E-state index in [4.69, 9.17) is 10.00 Å². The first-order chi connectivity index (χ1) is 14.2. The summed E-state index contributed by atoms with van der Waals surface area (Å²) in [7, 11) is 0. The summed E-state index contributed by atoms with van der Waals surface area (Å²) in [6.45, 7) is 3.42. The number of nitrogens with zero attached hydrogens (tertiary/aromatic N) is 4. The van der Waals surface area contributed by atoms with Crippen LogP contribution in [0.25, 0.3) is 0 Å². The Balaban J connectivity index is 2.00. The van der Waals surface area contributed by atoms with Crippen LogP contribution in [0.1, 0.15) is 31.0 Å². The second kappa shape index (κ2) is 8.07. The minimum Gasteiger partial charge on any atom is -0.485 e. The van der Waals surface area contributed by atoms with Gasteiger partial charge in [0.2, 0.25) is 5.96 Å². The molecule has 10 nitrogen and oxygen atoms in total. The lowest BCUT2D eigenvalue weighted by Gasteiger charge is -2.40. The van der Waals surface area contributed by atoms with Crippen LogP contribution in [0.15, 0.2) is 47.5 Å². The number of rotatable bonds is 3. The number of nitro benzene ring substituents is 1. The Morgan fingerprint density at radius 3 is 2.57 bits per heavy atom. The lowest BCUT2D eigenvalue weighted by molar-refractivity contribution is -0.384. The number of guanidine groups is 1. The van der Waals surface area contributed by atoms with E-state index in [2.05, 4.69) is 15.6 Å². The molecule has 30 heavy (non-hydrogen) atoms. The summed E-state index contributed by atoms with van der Waals surface area (Å²) in [4.78, 5) is 14.8. The van der Waals surface area contributed by atoms with Crippen molar-refractivity contribution in [2.24, 2.45) is 4.99 Å². The molecule has 0 fully saturated rings. The number of anilines is 1. The fraction of sp³-hybridized carbons (Fsp3) is 0.250. The van der Waals surface area contributed by atoms with Crippen LogP contribution in [-0.2, 0) is 0 Å². The predicted octanol–water partition coefficient (Wildman–Crippen LogP) is 2.58. The van der Waals surface area contributed by atoms with Gasteiger partial charge in [-0.1, -0.05) is 0 Å². The molecule has 3 N–H and O–H groups in total. The highest BCUT2D eigenvalue weighted by Gasteiger charge is 2.43. The van der Waals surface area contributed by atoms with Crippen LogP contribution >= 0.6 is 0 Å². The normalized spacial score (nSPS) is 19.4. The first-order valence-corrected chi connectivity index (χ1v) is 8.90. The molecule has 2 aromatic carbocycles. The number of aliphatic hydroxyl groups is 1. The number of ether oxygens (including phenoxy) is 1. The number of hydrogen-bond donors (Lipinski definition) is 3. The average molecular weight is 406 g/mol. The number of fused-ring (bicyclic) bond motifs is 1. The summed E-state index contributed by atoms with van der Waals surface area (Å²) < 4.78 is 5.86. The standard InChI is InChI=1S/C20H18N6O4/c1-20(2)18(27)17(15-9-12(10-21)3-8-16(15)30-20)25-19(23-11-22)24-13-4-6-14(7-5-13)26(28)29/h3-9,17-18,27H,1-2H3,(H2,23,24,25)/t17-,18+/m1/s1. The average Bonchev–Trinajstić information content (AvgIpc) is 2.71.